The number of sulfone groups is 1. The van der Waals surface area contributed by atoms with Crippen molar-refractivity contribution in [2.24, 2.45) is 7.05 Å². The first-order valence-corrected chi connectivity index (χ1v) is 12.1. The average Bonchev–Trinajstić information content (AvgIpc) is 3.23. The first-order valence-electron chi connectivity index (χ1n) is 9.33. The van der Waals surface area contributed by atoms with E-state index in [1.807, 2.05) is 23.7 Å². The minimum Gasteiger partial charge on any atom is -0.338 e. The molecule has 8 nitrogen and oxygen atoms in total. The Bertz CT molecular complexity index is 915. The smallest absolute Gasteiger partial charge is 0.233 e. The third-order valence-corrected chi connectivity index (χ3v) is 7.58. The van der Waals surface area contributed by atoms with Gasteiger partial charge in [-0.05, 0) is 25.0 Å². The molecule has 2 aromatic rings. The van der Waals surface area contributed by atoms with Gasteiger partial charge in [0.1, 0.15) is 0 Å². The third kappa shape index (κ3) is 4.91. The average molecular weight is 424 g/mol. The molecule has 0 N–H and O–H groups in total. The highest BCUT2D eigenvalue weighted by molar-refractivity contribution is 7.99. The molecule has 10 heteroatoms. The predicted octanol–water partition coefficient (Wildman–Crippen LogP) is 1.78. The second-order valence-electron chi connectivity index (χ2n) is 6.89. The van der Waals surface area contributed by atoms with Gasteiger partial charge in [-0.2, -0.15) is 0 Å². The molecule has 2 aromatic heterocycles. The molecule has 3 rings (SSSR count). The van der Waals surface area contributed by atoms with Crippen molar-refractivity contribution in [2.45, 2.75) is 37.4 Å². The number of carbonyl (C=O) groups is 1. The number of thioether (sulfide) groups is 1. The van der Waals surface area contributed by atoms with Crippen LogP contribution in [-0.4, -0.2) is 68.8 Å². The number of pyridine rings is 1. The molecule has 3 heterocycles. The van der Waals surface area contributed by atoms with Gasteiger partial charge in [0, 0.05) is 37.6 Å². The minimum absolute atomic E-state index is 0.0472. The van der Waals surface area contributed by atoms with E-state index in [-0.39, 0.29) is 29.2 Å². The highest BCUT2D eigenvalue weighted by atomic mass is 32.2. The molecule has 152 valence electrons. The van der Waals surface area contributed by atoms with Crippen LogP contribution in [0, 0.1) is 0 Å². The summed E-state index contributed by atoms with van der Waals surface area (Å²) in [4.78, 5) is 18.6. The van der Waals surface area contributed by atoms with Gasteiger partial charge in [0.15, 0.2) is 20.8 Å². The van der Waals surface area contributed by atoms with Gasteiger partial charge in [0.05, 0.1) is 17.3 Å². The van der Waals surface area contributed by atoms with Gasteiger partial charge in [-0.15, -0.1) is 10.2 Å². The quantitative estimate of drug-likeness (QED) is 0.597. The van der Waals surface area contributed by atoms with E-state index in [0.29, 0.717) is 23.9 Å². The van der Waals surface area contributed by atoms with Crippen molar-refractivity contribution >= 4 is 27.5 Å². The molecular weight excluding hydrogens is 398 g/mol. The van der Waals surface area contributed by atoms with Crippen molar-refractivity contribution in [1.29, 1.82) is 0 Å². The van der Waals surface area contributed by atoms with E-state index in [4.69, 9.17) is 0 Å². The Balaban J connectivity index is 1.67. The number of rotatable bonds is 8. The molecule has 0 spiro atoms. The number of amides is 1. The van der Waals surface area contributed by atoms with Crippen molar-refractivity contribution < 1.29 is 13.2 Å². The molecule has 0 aliphatic carbocycles. The van der Waals surface area contributed by atoms with Gasteiger partial charge in [-0.1, -0.05) is 25.1 Å². The first-order chi connectivity index (χ1) is 13.4. The summed E-state index contributed by atoms with van der Waals surface area (Å²) >= 11 is 1.32. The monoisotopic (exact) mass is 423 g/mol. The zero-order chi connectivity index (χ0) is 20.1. The molecule has 0 radical (unpaired) electrons. The lowest BCUT2D eigenvalue weighted by atomic mass is 10.2. The van der Waals surface area contributed by atoms with Crippen LogP contribution in [0.5, 0.6) is 0 Å². The van der Waals surface area contributed by atoms with Crippen LogP contribution < -0.4 is 0 Å². The highest BCUT2D eigenvalue weighted by Gasteiger charge is 2.34. The van der Waals surface area contributed by atoms with Gasteiger partial charge in [0.25, 0.3) is 0 Å². The normalized spacial score (nSPS) is 18.3. The van der Waals surface area contributed by atoms with E-state index < -0.39 is 9.84 Å². The van der Waals surface area contributed by atoms with E-state index in [0.717, 1.165) is 18.4 Å². The Morgan fingerprint density at radius 1 is 1.32 bits per heavy atom. The minimum atomic E-state index is -3.03. The largest absolute Gasteiger partial charge is 0.338 e. The van der Waals surface area contributed by atoms with Gasteiger partial charge in [-0.3, -0.25) is 9.78 Å². The van der Waals surface area contributed by atoms with E-state index >= 15 is 0 Å². The van der Waals surface area contributed by atoms with Gasteiger partial charge >= 0.3 is 0 Å². The number of hydrogen-bond donors (Lipinski definition) is 0. The molecule has 28 heavy (non-hydrogen) atoms. The van der Waals surface area contributed by atoms with E-state index in [9.17, 15) is 13.2 Å². The second-order valence-corrected chi connectivity index (χ2v) is 10.1. The fourth-order valence-corrected chi connectivity index (χ4v) is 5.79. The lowest BCUT2D eigenvalue weighted by Crippen LogP contribution is -2.42. The van der Waals surface area contributed by atoms with Crippen LogP contribution in [0.3, 0.4) is 0 Å². The maximum Gasteiger partial charge on any atom is 0.233 e. The molecule has 0 unspecified atom stereocenters. The summed E-state index contributed by atoms with van der Waals surface area (Å²) in [6, 6.07) is 3.50. The number of aromatic nitrogens is 4. The van der Waals surface area contributed by atoms with Crippen molar-refractivity contribution in [3.8, 4) is 11.4 Å². The first kappa shape index (κ1) is 20.8. The standard InChI is InChI=1S/C18H25N5O3S2/c1-3-4-10-23(15-7-11-28(25,26)13-15)16(24)12-27-18-21-20-17(22(18)2)14-5-8-19-9-6-14/h5-6,8-9,15H,3-4,7,10-13H2,1-2H3/t15-/m1/s1. The van der Waals surface area contributed by atoms with E-state index in [1.54, 1.807) is 17.3 Å². The zero-order valence-corrected chi connectivity index (χ0v) is 17.7. The number of unbranched alkanes of at least 4 members (excludes halogenated alkanes) is 1. The van der Waals surface area contributed by atoms with Crippen molar-refractivity contribution in [1.82, 2.24) is 24.6 Å². The van der Waals surface area contributed by atoms with Gasteiger partial charge < -0.3 is 9.47 Å². The summed E-state index contributed by atoms with van der Waals surface area (Å²) in [6.45, 7) is 2.65. The SMILES string of the molecule is CCCCN(C(=O)CSc1nnc(-c2ccncc2)n1C)[C@@H]1CCS(=O)(=O)C1. The third-order valence-electron chi connectivity index (χ3n) is 4.82. The Hall–Kier alpha value is -1.94. The van der Waals surface area contributed by atoms with Crippen LogP contribution >= 0.6 is 11.8 Å². The van der Waals surface area contributed by atoms with Gasteiger partial charge in [0.2, 0.25) is 5.91 Å². The fraction of sp³-hybridized carbons (Fsp3) is 0.556. The van der Waals surface area contributed by atoms with Crippen LogP contribution in [0.25, 0.3) is 11.4 Å². The Kier molecular flexibility index (Phi) is 6.71. The van der Waals surface area contributed by atoms with Crippen LogP contribution in [0.15, 0.2) is 29.7 Å². The van der Waals surface area contributed by atoms with E-state index in [1.165, 1.54) is 11.8 Å². The Morgan fingerprint density at radius 3 is 2.71 bits per heavy atom. The van der Waals surface area contributed by atoms with Crippen LogP contribution in [0.2, 0.25) is 0 Å². The van der Waals surface area contributed by atoms with Crippen LogP contribution in [0.4, 0.5) is 0 Å². The predicted molar refractivity (Wildman–Crippen MR) is 109 cm³/mol. The summed E-state index contributed by atoms with van der Waals surface area (Å²) in [7, 11) is -1.17. The van der Waals surface area contributed by atoms with E-state index in [2.05, 4.69) is 22.1 Å². The van der Waals surface area contributed by atoms with Crippen LogP contribution in [-0.2, 0) is 21.7 Å². The summed E-state index contributed by atoms with van der Waals surface area (Å²) in [6.07, 6.45) is 5.74. The van der Waals surface area contributed by atoms with Crippen molar-refractivity contribution in [3.05, 3.63) is 24.5 Å². The summed E-state index contributed by atoms with van der Waals surface area (Å²) < 4.78 is 25.5. The topological polar surface area (TPSA) is 98.1 Å². The molecule has 0 aromatic carbocycles. The summed E-state index contributed by atoms with van der Waals surface area (Å²) in [5.74, 6) is 1.11. The number of nitrogens with zero attached hydrogens (tertiary/aromatic N) is 5. The van der Waals surface area contributed by atoms with Crippen LogP contribution in [0.1, 0.15) is 26.2 Å². The molecule has 1 aliphatic heterocycles. The maximum atomic E-state index is 12.9. The molecule has 1 fully saturated rings. The molecule has 1 atom stereocenters. The molecule has 1 aliphatic rings. The molecule has 1 amide bonds. The Morgan fingerprint density at radius 2 is 2.07 bits per heavy atom. The molecular formula is C18H25N5O3S2. The summed E-state index contributed by atoms with van der Waals surface area (Å²) in [5.41, 5.74) is 0.906. The van der Waals surface area contributed by atoms with Crippen molar-refractivity contribution in [2.75, 3.05) is 23.8 Å². The highest BCUT2D eigenvalue weighted by Crippen LogP contribution is 2.24. The maximum absolute atomic E-state index is 12.9. The zero-order valence-electron chi connectivity index (χ0n) is 16.1. The molecule has 1 saturated heterocycles. The lowest BCUT2D eigenvalue weighted by Gasteiger charge is -2.28. The molecule has 0 saturated carbocycles. The number of hydrogen-bond acceptors (Lipinski definition) is 7. The second kappa shape index (κ2) is 9.04. The number of carbonyl (C=O) groups excluding carboxylic acids is 1. The molecule has 0 bridgehead atoms. The summed E-state index contributed by atoms with van der Waals surface area (Å²) in [5, 5.41) is 9.06. The van der Waals surface area contributed by atoms with Crippen molar-refractivity contribution in [3.63, 3.8) is 0 Å². The lowest BCUT2D eigenvalue weighted by molar-refractivity contribution is -0.130. The Labute approximate surface area is 169 Å². The van der Waals surface area contributed by atoms with Gasteiger partial charge in [-0.25, -0.2) is 8.42 Å². The fourth-order valence-electron chi connectivity index (χ4n) is 3.26.